The Morgan fingerprint density at radius 2 is 2.12 bits per heavy atom. The number of hydrogen-bond donors (Lipinski definition) is 1. The molecule has 6 nitrogen and oxygen atoms in total. The molecule has 0 atom stereocenters. The van der Waals surface area contributed by atoms with Crippen molar-refractivity contribution < 1.29 is 0 Å². The molecule has 0 aliphatic heterocycles. The molecule has 1 aliphatic carbocycles. The smallest absolute Gasteiger partial charge is 0.275 e. The van der Waals surface area contributed by atoms with Crippen molar-refractivity contribution >= 4 is 32.8 Å². The number of thiazole rings is 1. The van der Waals surface area contributed by atoms with Crippen LogP contribution in [0.4, 0.5) is 5.13 Å². The summed E-state index contributed by atoms with van der Waals surface area (Å²) in [5.41, 5.74) is 2.00. The number of nitrogens with one attached hydrogen (secondary N) is 1. The SMILES string of the molecule is CCc1cc(=O)n2nc(NCCc3nc4c(s3)CCCC4)sc2n1. The van der Waals surface area contributed by atoms with Gasteiger partial charge in [0.2, 0.25) is 10.1 Å². The molecule has 1 aliphatic rings. The van der Waals surface area contributed by atoms with Crippen LogP contribution in [0.5, 0.6) is 0 Å². The maximum absolute atomic E-state index is 12.0. The van der Waals surface area contributed by atoms with E-state index in [1.165, 1.54) is 50.7 Å². The van der Waals surface area contributed by atoms with Gasteiger partial charge in [0.1, 0.15) is 0 Å². The number of hydrogen-bond acceptors (Lipinski definition) is 7. The number of anilines is 1. The number of aromatic nitrogens is 4. The molecule has 3 aromatic heterocycles. The predicted molar refractivity (Wildman–Crippen MR) is 97.5 cm³/mol. The summed E-state index contributed by atoms with van der Waals surface area (Å²) in [6, 6.07) is 1.55. The minimum Gasteiger partial charge on any atom is -0.360 e. The Morgan fingerprint density at radius 3 is 2.96 bits per heavy atom. The summed E-state index contributed by atoms with van der Waals surface area (Å²) < 4.78 is 1.37. The van der Waals surface area contributed by atoms with Gasteiger partial charge in [-0.05, 0) is 32.1 Å². The Kier molecular flexibility index (Phi) is 4.32. The fourth-order valence-corrected chi connectivity index (χ4v) is 4.90. The summed E-state index contributed by atoms with van der Waals surface area (Å²) in [4.78, 5) is 23.3. The Hall–Kier alpha value is -1.80. The van der Waals surface area contributed by atoms with E-state index >= 15 is 0 Å². The largest absolute Gasteiger partial charge is 0.360 e. The summed E-state index contributed by atoms with van der Waals surface area (Å²) in [6.07, 6.45) is 6.51. The third-order valence-electron chi connectivity index (χ3n) is 4.17. The lowest BCUT2D eigenvalue weighted by molar-refractivity contribution is 0.680. The Morgan fingerprint density at radius 1 is 1.25 bits per heavy atom. The summed E-state index contributed by atoms with van der Waals surface area (Å²) in [5, 5.41) is 9.54. The normalized spacial score (nSPS) is 14.0. The van der Waals surface area contributed by atoms with E-state index in [0.29, 0.717) is 4.96 Å². The summed E-state index contributed by atoms with van der Waals surface area (Å²) in [5.74, 6) is 0. The molecule has 1 N–H and O–H groups in total. The van der Waals surface area contributed by atoms with Crippen LogP contribution < -0.4 is 10.9 Å². The summed E-state index contributed by atoms with van der Waals surface area (Å²) >= 11 is 3.26. The molecule has 0 saturated heterocycles. The van der Waals surface area contributed by atoms with Crippen LogP contribution in [0, 0.1) is 0 Å². The first-order valence-corrected chi connectivity index (χ1v) is 9.97. The summed E-state index contributed by atoms with van der Waals surface area (Å²) in [7, 11) is 0. The third-order valence-corrected chi connectivity index (χ3v) is 6.25. The van der Waals surface area contributed by atoms with E-state index in [-0.39, 0.29) is 5.56 Å². The monoisotopic (exact) mass is 361 g/mol. The Balaban J connectivity index is 1.44. The second-order valence-electron chi connectivity index (χ2n) is 5.90. The number of rotatable bonds is 5. The van der Waals surface area contributed by atoms with Crippen molar-refractivity contribution in [2.24, 2.45) is 0 Å². The first-order valence-electron chi connectivity index (χ1n) is 8.34. The highest BCUT2D eigenvalue weighted by atomic mass is 32.1. The molecule has 0 fully saturated rings. The fraction of sp³-hybridized carbons (Fsp3) is 0.500. The molecule has 0 saturated carbocycles. The van der Waals surface area contributed by atoms with Crippen molar-refractivity contribution in [2.75, 3.05) is 11.9 Å². The molecule has 3 aromatic rings. The zero-order valence-corrected chi connectivity index (χ0v) is 15.2. The van der Waals surface area contributed by atoms with Crippen molar-refractivity contribution in [3.63, 3.8) is 0 Å². The molecule has 3 heterocycles. The van der Waals surface area contributed by atoms with Crippen molar-refractivity contribution in [3.05, 3.63) is 37.7 Å². The van der Waals surface area contributed by atoms with Crippen molar-refractivity contribution in [1.82, 2.24) is 19.6 Å². The van der Waals surface area contributed by atoms with Crippen molar-refractivity contribution in [1.29, 1.82) is 0 Å². The van der Waals surface area contributed by atoms with Crippen molar-refractivity contribution in [2.45, 2.75) is 45.4 Å². The Labute approximate surface area is 147 Å². The van der Waals surface area contributed by atoms with Crippen LogP contribution in [0.25, 0.3) is 4.96 Å². The highest BCUT2D eigenvalue weighted by Gasteiger charge is 2.15. The van der Waals surface area contributed by atoms with Gasteiger partial charge in [-0.3, -0.25) is 4.79 Å². The highest BCUT2D eigenvalue weighted by Crippen LogP contribution is 2.27. The third kappa shape index (κ3) is 3.08. The van der Waals surface area contributed by atoms with Gasteiger partial charge in [-0.25, -0.2) is 9.97 Å². The van der Waals surface area contributed by atoms with Gasteiger partial charge in [0.15, 0.2) is 0 Å². The molecule has 8 heteroatoms. The molecule has 0 spiro atoms. The first-order chi connectivity index (χ1) is 11.7. The van der Waals surface area contributed by atoms with Crippen LogP contribution in [0.2, 0.25) is 0 Å². The number of fused-ring (bicyclic) bond motifs is 2. The number of nitrogens with zero attached hydrogens (tertiary/aromatic N) is 4. The zero-order valence-electron chi connectivity index (χ0n) is 13.5. The average molecular weight is 361 g/mol. The lowest BCUT2D eigenvalue weighted by Gasteiger charge is -2.06. The van der Waals surface area contributed by atoms with Gasteiger partial charge >= 0.3 is 0 Å². The lowest BCUT2D eigenvalue weighted by atomic mass is 10.0. The summed E-state index contributed by atoms with van der Waals surface area (Å²) in [6.45, 7) is 2.76. The zero-order chi connectivity index (χ0) is 16.5. The molecule has 0 bridgehead atoms. The minimum absolute atomic E-state index is 0.117. The van der Waals surface area contributed by atoms with Crippen LogP contribution in [-0.2, 0) is 25.7 Å². The van der Waals surface area contributed by atoms with Crippen molar-refractivity contribution in [3.8, 4) is 0 Å². The average Bonchev–Trinajstić information content (AvgIpc) is 3.18. The van der Waals surface area contributed by atoms with Gasteiger partial charge in [0.05, 0.1) is 10.7 Å². The van der Waals surface area contributed by atoms with Crippen LogP contribution >= 0.6 is 22.7 Å². The number of aryl methyl sites for hydroxylation is 3. The van der Waals surface area contributed by atoms with Gasteiger partial charge in [-0.2, -0.15) is 4.52 Å². The molecule has 0 aromatic carbocycles. The molecular weight excluding hydrogens is 342 g/mol. The van der Waals surface area contributed by atoms with E-state index in [1.54, 1.807) is 6.07 Å². The van der Waals surface area contributed by atoms with Crippen LogP contribution in [0.1, 0.15) is 41.0 Å². The van der Waals surface area contributed by atoms with Crippen LogP contribution in [-0.4, -0.2) is 26.1 Å². The molecule has 4 rings (SSSR count). The molecule has 0 radical (unpaired) electrons. The lowest BCUT2D eigenvalue weighted by Crippen LogP contribution is -2.15. The van der Waals surface area contributed by atoms with E-state index in [0.717, 1.165) is 36.6 Å². The van der Waals surface area contributed by atoms with Gasteiger partial charge < -0.3 is 5.32 Å². The van der Waals surface area contributed by atoms with E-state index in [9.17, 15) is 4.79 Å². The first kappa shape index (κ1) is 15.7. The minimum atomic E-state index is -0.117. The predicted octanol–water partition coefficient (Wildman–Crippen LogP) is 2.70. The van der Waals surface area contributed by atoms with E-state index in [4.69, 9.17) is 4.98 Å². The maximum atomic E-state index is 12.0. The maximum Gasteiger partial charge on any atom is 0.275 e. The second kappa shape index (κ2) is 6.60. The molecule has 24 heavy (non-hydrogen) atoms. The van der Waals surface area contributed by atoms with Crippen LogP contribution in [0.15, 0.2) is 10.9 Å². The molecular formula is C16H19N5OS2. The van der Waals surface area contributed by atoms with Crippen LogP contribution in [0.3, 0.4) is 0 Å². The quantitative estimate of drug-likeness (QED) is 0.756. The second-order valence-corrected chi connectivity index (χ2v) is 8.03. The van der Waals surface area contributed by atoms with E-state index in [2.05, 4.69) is 15.4 Å². The van der Waals surface area contributed by atoms with Gasteiger partial charge in [-0.1, -0.05) is 18.3 Å². The highest BCUT2D eigenvalue weighted by molar-refractivity contribution is 7.20. The van der Waals surface area contributed by atoms with Gasteiger partial charge in [-0.15, -0.1) is 16.4 Å². The van der Waals surface area contributed by atoms with E-state index < -0.39 is 0 Å². The molecule has 126 valence electrons. The molecule has 0 amide bonds. The fourth-order valence-electron chi connectivity index (χ4n) is 2.90. The molecule has 0 unspecified atom stereocenters. The van der Waals surface area contributed by atoms with Gasteiger partial charge in [0.25, 0.3) is 5.56 Å². The van der Waals surface area contributed by atoms with E-state index in [1.807, 2.05) is 18.3 Å². The standard InChI is InChI=1S/C16H19N5OS2/c1-2-10-9-14(22)21-16(18-10)24-15(20-21)17-8-7-13-19-11-5-3-4-6-12(11)23-13/h9H,2-8H2,1H3,(H,17,20). The Bertz CT molecular complexity index is 903. The van der Waals surface area contributed by atoms with Gasteiger partial charge in [0, 0.05) is 29.6 Å². The topological polar surface area (TPSA) is 72.2 Å².